The second kappa shape index (κ2) is 6.60. The number of carboxylic acid groups (broad SMARTS) is 1. The number of nitrogens with one attached hydrogen (secondary N) is 2. The van der Waals surface area contributed by atoms with E-state index in [0.29, 0.717) is 19.4 Å². The van der Waals surface area contributed by atoms with Crippen molar-refractivity contribution in [3.05, 3.63) is 17.5 Å². The minimum absolute atomic E-state index is 0.0654. The number of carbonyl (C=O) groups is 2. The summed E-state index contributed by atoms with van der Waals surface area (Å²) in [4.78, 5) is 22.7. The predicted octanol–water partition coefficient (Wildman–Crippen LogP) is 1.17. The zero-order valence-corrected chi connectivity index (χ0v) is 12.4. The van der Waals surface area contributed by atoms with Crippen LogP contribution in [-0.4, -0.2) is 32.9 Å². The Bertz CT molecular complexity index is 518. The van der Waals surface area contributed by atoms with Gasteiger partial charge in [0.1, 0.15) is 0 Å². The van der Waals surface area contributed by atoms with Gasteiger partial charge in [-0.15, -0.1) is 0 Å². The molecule has 1 aliphatic rings. The van der Waals surface area contributed by atoms with Gasteiger partial charge in [-0.1, -0.05) is 0 Å². The molecular weight excluding hydrogens is 272 g/mol. The fourth-order valence-electron chi connectivity index (χ4n) is 2.72. The average molecular weight is 294 g/mol. The number of aryl methyl sites for hydroxylation is 2. The maximum absolute atomic E-state index is 11.9. The summed E-state index contributed by atoms with van der Waals surface area (Å²) in [5, 5.41) is 18.9. The SMILES string of the molecule is Cc1nn(C)cc1CNC(=O)NC1CCC(C(=O)O)CC1. The third kappa shape index (κ3) is 4.21. The van der Waals surface area contributed by atoms with Crippen molar-refractivity contribution >= 4 is 12.0 Å². The Morgan fingerprint density at radius 2 is 2.05 bits per heavy atom. The third-order valence-corrected chi connectivity index (χ3v) is 3.97. The normalized spacial score (nSPS) is 21.8. The fraction of sp³-hybridized carbons (Fsp3) is 0.643. The molecule has 0 unspecified atom stereocenters. The van der Waals surface area contributed by atoms with Crippen LogP contribution in [0.15, 0.2) is 6.20 Å². The molecule has 2 amide bonds. The highest BCUT2D eigenvalue weighted by Crippen LogP contribution is 2.24. The first-order valence-electron chi connectivity index (χ1n) is 7.22. The molecule has 1 aliphatic carbocycles. The van der Waals surface area contributed by atoms with Crippen LogP contribution in [0.5, 0.6) is 0 Å². The van der Waals surface area contributed by atoms with Gasteiger partial charge in [0.2, 0.25) is 0 Å². The van der Waals surface area contributed by atoms with E-state index in [2.05, 4.69) is 15.7 Å². The van der Waals surface area contributed by atoms with E-state index >= 15 is 0 Å². The Balaban J connectivity index is 1.73. The number of carbonyl (C=O) groups excluding carboxylic acids is 1. The Labute approximate surface area is 123 Å². The Morgan fingerprint density at radius 3 is 2.57 bits per heavy atom. The molecule has 1 saturated carbocycles. The van der Waals surface area contributed by atoms with E-state index in [1.54, 1.807) is 4.68 Å². The first kappa shape index (κ1) is 15.3. The molecule has 116 valence electrons. The first-order chi connectivity index (χ1) is 9.95. The fourth-order valence-corrected chi connectivity index (χ4v) is 2.72. The number of aromatic nitrogens is 2. The van der Waals surface area contributed by atoms with Gasteiger partial charge in [0.15, 0.2) is 0 Å². The van der Waals surface area contributed by atoms with Gasteiger partial charge < -0.3 is 15.7 Å². The van der Waals surface area contributed by atoms with Crippen LogP contribution < -0.4 is 10.6 Å². The molecule has 7 nitrogen and oxygen atoms in total. The van der Waals surface area contributed by atoms with Gasteiger partial charge in [-0.05, 0) is 32.6 Å². The van der Waals surface area contributed by atoms with E-state index in [0.717, 1.165) is 24.1 Å². The number of hydrogen-bond acceptors (Lipinski definition) is 3. The van der Waals surface area contributed by atoms with Crippen molar-refractivity contribution in [3.63, 3.8) is 0 Å². The van der Waals surface area contributed by atoms with Crippen molar-refractivity contribution in [2.75, 3.05) is 0 Å². The van der Waals surface area contributed by atoms with Crippen molar-refractivity contribution in [1.82, 2.24) is 20.4 Å². The molecule has 1 heterocycles. The number of urea groups is 1. The third-order valence-electron chi connectivity index (χ3n) is 3.97. The Kier molecular flexibility index (Phi) is 4.82. The van der Waals surface area contributed by atoms with Gasteiger partial charge in [-0.25, -0.2) is 4.79 Å². The van der Waals surface area contributed by atoms with Gasteiger partial charge in [0.25, 0.3) is 0 Å². The van der Waals surface area contributed by atoms with Crippen molar-refractivity contribution in [1.29, 1.82) is 0 Å². The number of rotatable bonds is 4. The van der Waals surface area contributed by atoms with Crippen LogP contribution in [-0.2, 0) is 18.4 Å². The maximum atomic E-state index is 11.9. The van der Waals surface area contributed by atoms with Crippen LogP contribution in [0, 0.1) is 12.8 Å². The van der Waals surface area contributed by atoms with Crippen molar-refractivity contribution in [3.8, 4) is 0 Å². The zero-order chi connectivity index (χ0) is 15.4. The van der Waals surface area contributed by atoms with Crippen molar-refractivity contribution in [2.24, 2.45) is 13.0 Å². The smallest absolute Gasteiger partial charge is 0.315 e. The van der Waals surface area contributed by atoms with Crippen LogP contribution in [0.2, 0.25) is 0 Å². The standard InChI is InChI=1S/C14H22N4O3/c1-9-11(8-18(2)17-9)7-15-14(21)16-12-5-3-10(4-6-12)13(19)20/h8,10,12H,3-7H2,1-2H3,(H,19,20)(H2,15,16,21). The quantitative estimate of drug-likeness (QED) is 0.776. The van der Waals surface area contributed by atoms with Gasteiger partial charge >= 0.3 is 12.0 Å². The monoisotopic (exact) mass is 294 g/mol. The minimum atomic E-state index is -0.732. The van der Waals surface area contributed by atoms with E-state index in [-0.39, 0.29) is 18.0 Å². The highest BCUT2D eigenvalue weighted by Gasteiger charge is 2.26. The summed E-state index contributed by atoms with van der Waals surface area (Å²) in [5.74, 6) is -0.992. The lowest BCUT2D eigenvalue weighted by Gasteiger charge is -2.26. The highest BCUT2D eigenvalue weighted by molar-refractivity contribution is 5.74. The molecule has 1 fully saturated rings. The average Bonchev–Trinajstić information content (AvgIpc) is 2.75. The van der Waals surface area contributed by atoms with E-state index in [4.69, 9.17) is 5.11 Å². The molecular formula is C14H22N4O3. The lowest BCUT2D eigenvalue weighted by molar-refractivity contribution is -0.142. The largest absolute Gasteiger partial charge is 0.481 e. The number of carboxylic acids is 1. The second-order valence-electron chi connectivity index (χ2n) is 5.63. The topological polar surface area (TPSA) is 96.3 Å². The summed E-state index contributed by atoms with van der Waals surface area (Å²) in [6, 6.07) is -0.146. The van der Waals surface area contributed by atoms with Gasteiger partial charge in [0, 0.05) is 31.4 Å². The Hall–Kier alpha value is -2.05. The zero-order valence-electron chi connectivity index (χ0n) is 12.4. The second-order valence-corrected chi connectivity index (χ2v) is 5.63. The molecule has 1 aromatic heterocycles. The molecule has 2 rings (SSSR count). The van der Waals surface area contributed by atoms with E-state index in [1.165, 1.54) is 0 Å². The maximum Gasteiger partial charge on any atom is 0.315 e. The van der Waals surface area contributed by atoms with Crippen molar-refractivity contribution in [2.45, 2.75) is 45.2 Å². The summed E-state index contributed by atoms with van der Waals surface area (Å²) >= 11 is 0. The van der Waals surface area contributed by atoms with Crippen LogP contribution in [0.1, 0.15) is 36.9 Å². The highest BCUT2D eigenvalue weighted by atomic mass is 16.4. The molecule has 0 aliphatic heterocycles. The Morgan fingerprint density at radius 1 is 1.38 bits per heavy atom. The van der Waals surface area contributed by atoms with Crippen molar-refractivity contribution < 1.29 is 14.7 Å². The molecule has 21 heavy (non-hydrogen) atoms. The van der Waals surface area contributed by atoms with Gasteiger partial charge in [-0.2, -0.15) is 5.10 Å². The number of aliphatic carboxylic acids is 1. The molecule has 0 radical (unpaired) electrons. The van der Waals surface area contributed by atoms with E-state index < -0.39 is 5.97 Å². The first-order valence-corrected chi connectivity index (χ1v) is 7.22. The van der Waals surface area contributed by atoms with E-state index in [9.17, 15) is 9.59 Å². The molecule has 0 aromatic carbocycles. The molecule has 0 atom stereocenters. The summed E-state index contributed by atoms with van der Waals surface area (Å²) in [5.41, 5.74) is 1.89. The molecule has 0 saturated heterocycles. The van der Waals surface area contributed by atoms with Gasteiger partial charge in [0.05, 0.1) is 11.6 Å². The number of nitrogens with zero attached hydrogens (tertiary/aromatic N) is 2. The van der Waals surface area contributed by atoms with Gasteiger partial charge in [-0.3, -0.25) is 9.48 Å². The predicted molar refractivity (Wildman–Crippen MR) is 76.7 cm³/mol. The van der Waals surface area contributed by atoms with Crippen LogP contribution in [0.4, 0.5) is 4.79 Å². The van der Waals surface area contributed by atoms with Crippen LogP contribution >= 0.6 is 0 Å². The molecule has 1 aromatic rings. The molecule has 7 heteroatoms. The van der Waals surface area contributed by atoms with E-state index in [1.807, 2.05) is 20.2 Å². The van der Waals surface area contributed by atoms with Crippen LogP contribution in [0.25, 0.3) is 0 Å². The number of amides is 2. The van der Waals surface area contributed by atoms with Crippen LogP contribution in [0.3, 0.4) is 0 Å². The summed E-state index contributed by atoms with van der Waals surface area (Å²) in [7, 11) is 1.84. The summed E-state index contributed by atoms with van der Waals surface area (Å²) in [6.45, 7) is 2.35. The lowest BCUT2D eigenvalue weighted by atomic mass is 9.86. The summed E-state index contributed by atoms with van der Waals surface area (Å²) in [6.07, 6.45) is 4.57. The molecule has 0 spiro atoms. The molecule has 0 bridgehead atoms. The lowest BCUT2D eigenvalue weighted by Crippen LogP contribution is -2.43. The minimum Gasteiger partial charge on any atom is -0.481 e. The molecule has 3 N–H and O–H groups in total. The number of hydrogen-bond donors (Lipinski definition) is 3. The summed E-state index contributed by atoms with van der Waals surface area (Å²) < 4.78 is 1.72.